The number of carboxylic acids is 1. The van der Waals surface area contributed by atoms with Crippen LogP contribution in [0.3, 0.4) is 0 Å². The Kier molecular flexibility index (Phi) is 9.51. The predicted molar refractivity (Wildman–Crippen MR) is 171 cm³/mol. The lowest BCUT2D eigenvalue weighted by molar-refractivity contribution is 0.0292. The first-order valence-corrected chi connectivity index (χ1v) is 14.9. The molecule has 0 bridgehead atoms. The standard InChI is InChI=1S/C34H42N4O6/c1-8-38(26-13-14-37(19-26)33(43)44-34(5,6)7)29-17-25(23-9-11-24(12-10-23)32(41)42)16-27(22(29)4)30(39)35-18-28-20(2)15-21(3)36-31(28)40/h9-12,15-17,26H,8,13-14,18-19H2,1-7H3,(H,35,39)(H,36,40)(H,41,42). The van der Waals surface area contributed by atoms with Crippen molar-refractivity contribution in [3.05, 3.63) is 86.3 Å². The minimum absolute atomic E-state index is 0.000493. The number of aromatic nitrogens is 1. The Balaban J connectivity index is 1.71. The van der Waals surface area contributed by atoms with E-state index in [2.05, 4.69) is 15.2 Å². The van der Waals surface area contributed by atoms with Crippen LogP contribution >= 0.6 is 0 Å². The van der Waals surface area contributed by atoms with Crippen molar-refractivity contribution in [3.8, 4) is 11.1 Å². The van der Waals surface area contributed by atoms with Crippen molar-refractivity contribution in [1.29, 1.82) is 0 Å². The highest BCUT2D eigenvalue weighted by Crippen LogP contribution is 2.34. The molecule has 2 heterocycles. The summed E-state index contributed by atoms with van der Waals surface area (Å²) in [5, 5.41) is 12.3. The zero-order chi connectivity index (χ0) is 32.3. The molecule has 3 N–H and O–H groups in total. The summed E-state index contributed by atoms with van der Waals surface area (Å²) >= 11 is 0. The van der Waals surface area contributed by atoms with E-state index in [-0.39, 0.29) is 35.7 Å². The van der Waals surface area contributed by atoms with E-state index in [0.29, 0.717) is 30.8 Å². The van der Waals surface area contributed by atoms with Gasteiger partial charge in [0.15, 0.2) is 0 Å². The molecule has 10 heteroatoms. The highest BCUT2D eigenvalue weighted by Gasteiger charge is 2.33. The van der Waals surface area contributed by atoms with Crippen LogP contribution in [0.1, 0.15) is 77.2 Å². The van der Waals surface area contributed by atoms with Crippen LogP contribution in [0.5, 0.6) is 0 Å². The fourth-order valence-corrected chi connectivity index (χ4v) is 5.68. The number of likely N-dealkylation sites (N-methyl/N-ethyl adjacent to an activating group) is 1. The number of likely N-dealkylation sites (tertiary alicyclic amines) is 1. The maximum atomic E-state index is 13.7. The molecule has 1 fully saturated rings. The van der Waals surface area contributed by atoms with Gasteiger partial charge in [-0.15, -0.1) is 0 Å². The number of pyridine rings is 1. The van der Waals surface area contributed by atoms with Gasteiger partial charge in [0.1, 0.15) is 5.60 Å². The van der Waals surface area contributed by atoms with Crippen molar-refractivity contribution in [1.82, 2.24) is 15.2 Å². The number of carboxylic acid groups (broad SMARTS) is 1. The van der Waals surface area contributed by atoms with Gasteiger partial charge in [-0.2, -0.15) is 0 Å². The molecule has 0 aliphatic carbocycles. The Hall–Kier alpha value is -4.60. The Morgan fingerprint density at radius 2 is 1.75 bits per heavy atom. The molecular formula is C34H42N4O6. The molecule has 4 rings (SSSR count). The van der Waals surface area contributed by atoms with Crippen molar-refractivity contribution in [2.75, 3.05) is 24.5 Å². The molecule has 1 aliphatic heterocycles. The zero-order valence-electron chi connectivity index (χ0n) is 26.5. The number of aryl methyl sites for hydroxylation is 2. The summed E-state index contributed by atoms with van der Waals surface area (Å²) in [4.78, 5) is 57.3. The van der Waals surface area contributed by atoms with Gasteiger partial charge < -0.3 is 29.9 Å². The van der Waals surface area contributed by atoms with Crippen molar-refractivity contribution in [3.63, 3.8) is 0 Å². The van der Waals surface area contributed by atoms with Gasteiger partial charge in [-0.05, 0) is 107 Å². The van der Waals surface area contributed by atoms with Crippen LogP contribution in [0.25, 0.3) is 11.1 Å². The molecule has 10 nitrogen and oxygen atoms in total. The maximum Gasteiger partial charge on any atom is 0.410 e. The number of aromatic amines is 1. The van der Waals surface area contributed by atoms with E-state index >= 15 is 0 Å². The Morgan fingerprint density at radius 1 is 1.07 bits per heavy atom. The second-order valence-electron chi connectivity index (χ2n) is 12.3. The third-order valence-electron chi connectivity index (χ3n) is 7.92. The largest absolute Gasteiger partial charge is 0.478 e. The van der Waals surface area contributed by atoms with E-state index in [4.69, 9.17) is 4.74 Å². The van der Waals surface area contributed by atoms with Crippen molar-refractivity contribution in [2.24, 2.45) is 0 Å². The fraction of sp³-hybridized carbons (Fsp3) is 0.412. The van der Waals surface area contributed by atoms with E-state index in [1.54, 1.807) is 23.1 Å². The number of nitrogens with one attached hydrogen (secondary N) is 2. The average molecular weight is 603 g/mol. The molecule has 1 unspecified atom stereocenters. The van der Waals surface area contributed by atoms with Crippen LogP contribution in [0.2, 0.25) is 0 Å². The zero-order valence-corrected chi connectivity index (χ0v) is 26.5. The van der Waals surface area contributed by atoms with E-state index in [9.17, 15) is 24.3 Å². The minimum Gasteiger partial charge on any atom is -0.478 e. The highest BCUT2D eigenvalue weighted by molar-refractivity contribution is 5.99. The predicted octanol–water partition coefficient (Wildman–Crippen LogP) is 5.43. The van der Waals surface area contributed by atoms with E-state index in [0.717, 1.165) is 40.1 Å². The summed E-state index contributed by atoms with van der Waals surface area (Å²) in [5.41, 5.74) is 4.94. The third-order valence-corrected chi connectivity index (χ3v) is 7.92. The normalized spacial score (nSPS) is 14.8. The molecule has 234 valence electrons. The average Bonchev–Trinajstić information content (AvgIpc) is 3.43. The molecule has 1 atom stereocenters. The number of benzene rings is 2. The summed E-state index contributed by atoms with van der Waals surface area (Å²) in [6, 6.07) is 12.2. The molecule has 2 amide bonds. The first kappa shape index (κ1) is 32.3. The van der Waals surface area contributed by atoms with Crippen LogP contribution < -0.4 is 15.8 Å². The van der Waals surface area contributed by atoms with Gasteiger partial charge in [0, 0.05) is 54.7 Å². The summed E-state index contributed by atoms with van der Waals surface area (Å²) in [7, 11) is 0. The van der Waals surface area contributed by atoms with Gasteiger partial charge in [-0.3, -0.25) is 9.59 Å². The third kappa shape index (κ3) is 7.30. The van der Waals surface area contributed by atoms with Crippen molar-refractivity contribution < 1.29 is 24.2 Å². The maximum absolute atomic E-state index is 13.7. The van der Waals surface area contributed by atoms with E-state index in [1.807, 2.05) is 60.6 Å². The van der Waals surface area contributed by atoms with Gasteiger partial charge in [-0.1, -0.05) is 12.1 Å². The number of anilines is 1. The lowest BCUT2D eigenvalue weighted by Crippen LogP contribution is -2.41. The van der Waals surface area contributed by atoms with E-state index in [1.165, 1.54) is 12.1 Å². The number of carbonyl (C=O) groups is 3. The Morgan fingerprint density at radius 3 is 2.34 bits per heavy atom. The van der Waals surface area contributed by atoms with Crippen molar-refractivity contribution >= 4 is 23.7 Å². The molecular weight excluding hydrogens is 560 g/mol. The molecule has 3 aromatic rings. The number of aromatic carboxylic acids is 1. The molecule has 1 aromatic heterocycles. The van der Waals surface area contributed by atoms with Crippen LogP contribution in [0.15, 0.2) is 47.3 Å². The monoisotopic (exact) mass is 602 g/mol. The Bertz CT molecular complexity index is 1620. The number of hydrogen-bond donors (Lipinski definition) is 3. The quantitative estimate of drug-likeness (QED) is 0.313. The fourth-order valence-electron chi connectivity index (χ4n) is 5.68. The second kappa shape index (κ2) is 13.0. The molecule has 0 radical (unpaired) electrons. The lowest BCUT2D eigenvalue weighted by atomic mass is 9.95. The molecule has 2 aromatic carbocycles. The first-order valence-electron chi connectivity index (χ1n) is 14.9. The minimum atomic E-state index is -1.02. The van der Waals surface area contributed by atoms with Gasteiger partial charge in [0.05, 0.1) is 5.56 Å². The topological polar surface area (TPSA) is 132 Å². The summed E-state index contributed by atoms with van der Waals surface area (Å²) in [5.74, 6) is -1.35. The van der Waals surface area contributed by atoms with Gasteiger partial charge in [0.2, 0.25) is 0 Å². The number of rotatable bonds is 8. The summed E-state index contributed by atoms with van der Waals surface area (Å²) in [6.45, 7) is 14.9. The van der Waals surface area contributed by atoms with Crippen LogP contribution in [-0.4, -0.2) is 64.2 Å². The number of carbonyl (C=O) groups excluding carboxylic acids is 2. The molecule has 44 heavy (non-hydrogen) atoms. The molecule has 1 aliphatic rings. The first-order chi connectivity index (χ1) is 20.7. The number of hydrogen-bond acceptors (Lipinski definition) is 6. The number of ether oxygens (including phenoxy) is 1. The number of nitrogens with zero attached hydrogens (tertiary/aromatic N) is 2. The second-order valence-corrected chi connectivity index (χ2v) is 12.3. The Labute approximate surface area is 258 Å². The van der Waals surface area contributed by atoms with Crippen LogP contribution in [0, 0.1) is 20.8 Å². The van der Waals surface area contributed by atoms with Gasteiger partial charge in [0.25, 0.3) is 11.5 Å². The highest BCUT2D eigenvalue weighted by atomic mass is 16.6. The molecule has 0 saturated carbocycles. The van der Waals surface area contributed by atoms with Crippen LogP contribution in [0.4, 0.5) is 10.5 Å². The smallest absolute Gasteiger partial charge is 0.410 e. The SMILES string of the molecule is CCN(c1cc(-c2ccc(C(=O)O)cc2)cc(C(=O)NCc2c(C)cc(C)[nH]c2=O)c1C)C1CCN(C(=O)OC(C)(C)C)C1. The number of H-pyrrole nitrogens is 1. The summed E-state index contributed by atoms with van der Waals surface area (Å²) < 4.78 is 5.60. The molecule has 0 spiro atoms. The number of amides is 2. The summed E-state index contributed by atoms with van der Waals surface area (Å²) in [6.07, 6.45) is 0.391. The van der Waals surface area contributed by atoms with Crippen LogP contribution in [-0.2, 0) is 11.3 Å². The molecule has 1 saturated heterocycles. The lowest BCUT2D eigenvalue weighted by Gasteiger charge is -2.33. The van der Waals surface area contributed by atoms with Crippen molar-refractivity contribution in [2.45, 2.75) is 73.1 Å². The van der Waals surface area contributed by atoms with Gasteiger partial charge in [-0.25, -0.2) is 9.59 Å². The van der Waals surface area contributed by atoms with Gasteiger partial charge >= 0.3 is 12.1 Å². The van der Waals surface area contributed by atoms with E-state index < -0.39 is 11.6 Å².